The average molecular weight is 255 g/mol. The van der Waals surface area contributed by atoms with Crippen molar-refractivity contribution < 1.29 is 15.0 Å². The zero-order chi connectivity index (χ0) is 13.5. The summed E-state index contributed by atoms with van der Waals surface area (Å²) < 4.78 is 0. The fourth-order valence-electron chi connectivity index (χ4n) is 1.71. The molecule has 1 unspecified atom stereocenters. The van der Waals surface area contributed by atoms with Crippen molar-refractivity contribution in [1.29, 1.82) is 0 Å². The molecule has 0 radical (unpaired) electrons. The van der Waals surface area contributed by atoms with Gasteiger partial charge in [0.2, 0.25) is 0 Å². The fraction of sp³-hybridized carbons (Fsp3) is 0.667. The molecule has 1 heterocycles. The number of aromatic amines is 1. The van der Waals surface area contributed by atoms with Crippen molar-refractivity contribution in [2.45, 2.75) is 32.9 Å². The number of aromatic nitrogens is 2. The van der Waals surface area contributed by atoms with Gasteiger partial charge in [-0.05, 0) is 12.3 Å². The maximum atomic E-state index is 12.0. The molecule has 0 bridgehead atoms. The van der Waals surface area contributed by atoms with E-state index >= 15 is 0 Å². The normalized spacial score (nSPS) is 12.7. The van der Waals surface area contributed by atoms with Gasteiger partial charge in [0.05, 0.1) is 13.2 Å². The predicted octanol–water partition coefficient (Wildman–Crippen LogP) is 0.138. The van der Waals surface area contributed by atoms with Crippen LogP contribution in [0.4, 0.5) is 0 Å². The Morgan fingerprint density at radius 1 is 1.56 bits per heavy atom. The zero-order valence-electron chi connectivity index (χ0n) is 10.8. The number of imidazole rings is 1. The first-order chi connectivity index (χ1) is 8.54. The number of carbonyl (C=O) groups excluding carboxylic acids is 1. The Balaban J connectivity index is 2.62. The molecule has 0 saturated carbocycles. The summed E-state index contributed by atoms with van der Waals surface area (Å²) in [6.07, 6.45) is 2.66. The van der Waals surface area contributed by atoms with Crippen LogP contribution in [0.25, 0.3) is 0 Å². The first kappa shape index (κ1) is 14.7. The van der Waals surface area contributed by atoms with Crippen molar-refractivity contribution in [1.82, 2.24) is 14.9 Å². The molecule has 0 aromatic carbocycles. The SMILES string of the molecule is CC(C)CC(O)C(=O)N(CCO)Cc1ncc[nH]1. The topological polar surface area (TPSA) is 89.4 Å². The minimum atomic E-state index is -1.02. The molecule has 1 atom stereocenters. The van der Waals surface area contributed by atoms with Crippen molar-refractivity contribution in [2.24, 2.45) is 5.92 Å². The largest absolute Gasteiger partial charge is 0.395 e. The van der Waals surface area contributed by atoms with E-state index in [4.69, 9.17) is 5.11 Å². The molecule has 18 heavy (non-hydrogen) atoms. The number of carbonyl (C=O) groups is 1. The lowest BCUT2D eigenvalue weighted by Gasteiger charge is -2.24. The molecular weight excluding hydrogens is 234 g/mol. The molecule has 0 saturated heterocycles. The van der Waals surface area contributed by atoms with Crippen LogP contribution in [-0.2, 0) is 11.3 Å². The smallest absolute Gasteiger partial charge is 0.251 e. The monoisotopic (exact) mass is 255 g/mol. The van der Waals surface area contributed by atoms with E-state index in [-0.39, 0.29) is 31.5 Å². The van der Waals surface area contributed by atoms with Gasteiger partial charge in [-0.1, -0.05) is 13.8 Å². The van der Waals surface area contributed by atoms with Gasteiger partial charge in [0.1, 0.15) is 11.9 Å². The van der Waals surface area contributed by atoms with Crippen LogP contribution in [0.1, 0.15) is 26.1 Å². The van der Waals surface area contributed by atoms with Gasteiger partial charge in [0, 0.05) is 18.9 Å². The van der Waals surface area contributed by atoms with E-state index in [2.05, 4.69) is 9.97 Å². The maximum Gasteiger partial charge on any atom is 0.251 e. The minimum Gasteiger partial charge on any atom is -0.395 e. The highest BCUT2D eigenvalue weighted by Crippen LogP contribution is 2.09. The van der Waals surface area contributed by atoms with Gasteiger partial charge in [-0.15, -0.1) is 0 Å². The quantitative estimate of drug-likeness (QED) is 0.646. The van der Waals surface area contributed by atoms with Crippen molar-refractivity contribution in [2.75, 3.05) is 13.2 Å². The lowest BCUT2D eigenvalue weighted by Crippen LogP contribution is -2.41. The van der Waals surface area contributed by atoms with Crippen LogP contribution >= 0.6 is 0 Å². The molecule has 1 amide bonds. The number of aliphatic hydroxyl groups is 2. The summed E-state index contributed by atoms with van der Waals surface area (Å²) in [6, 6.07) is 0. The molecule has 3 N–H and O–H groups in total. The fourth-order valence-corrected chi connectivity index (χ4v) is 1.71. The third-order valence-electron chi connectivity index (χ3n) is 2.56. The number of rotatable bonds is 7. The van der Waals surface area contributed by atoms with E-state index in [0.29, 0.717) is 12.2 Å². The summed E-state index contributed by atoms with van der Waals surface area (Å²) in [4.78, 5) is 20.3. The van der Waals surface area contributed by atoms with Crippen LogP contribution in [0.15, 0.2) is 12.4 Å². The van der Waals surface area contributed by atoms with Crippen molar-refractivity contribution >= 4 is 5.91 Å². The summed E-state index contributed by atoms with van der Waals surface area (Å²) in [6.45, 7) is 4.20. The average Bonchev–Trinajstić information content (AvgIpc) is 2.79. The second-order valence-corrected chi connectivity index (χ2v) is 4.66. The van der Waals surface area contributed by atoms with E-state index in [9.17, 15) is 9.90 Å². The maximum absolute atomic E-state index is 12.0. The Morgan fingerprint density at radius 2 is 2.28 bits per heavy atom. The lowest BCUT2D eigenvalue weighted by molar-refractivity contribution is -0.142. The number of hydrogen-bond donors (Lipinski definition) is 3. The van der Waals surface area contributed by atoms with E-state index < -0.39 is 6.10 Å². The molecule has 1 rings (SSSR count). The highest BCUT2D eigenvalue weighted by atomic mass is 16.3. The van der Waals surface area contributed by atoms with Gasteiger partial charge >= 0.3 is 0 Å². The molecule has 0 fully saturated rings. The van der Waals surface area contributed by atoms with Gasteiger partial charge in [-0.3, -0.25) is 4.79 Å². The molecule has 6 heteroatoms. The van der Waals surface area contributed by atoms with Gasteiger partial charge in [0.15, 0.2) is 0 Å². The first-order valence-corrected chi connectivity index (χ1v) is 6.10. The highest BCUT2D eigenvalue weighted by molar-refractivity contribution is 5.80. The highest BCUT2D eigenvalue weighted by Gasteiger charge is 2.23. The molecule has 1 aromatic rings. The van der Waals surface area contributed by atoms with Crippen LogP contribution in [0.3, 0.4) is 0 Å². The van der Waals surface area contributed by atoms with Crippen molar-refractivity contribution in [3.63, 3.8) is 0 Å². The molecule has 0 aliphatic carbocycles. The van der Waals surface area contributed by atoms with Crippen molar-refractivity contribution in [3.05, 3.63) is 18.2 Å². The third-order valence-corrected chi connectivity index (χ3v) is 2.56. The Hall–Kier alpha value is -1.40. The number of hydrogen-bond acceptors (Lipinski definition) is 4. The summed E-state index contributed by atoms with van der Waals surface area (Å²) in [5.41, 5.74) is 0. The lowest BCUT2D eigenvalue weighted by atomic mass is 10.1. The van der Waals surface area contributed by atoms with Gasteiger partial charge in [0.25, 0.3) is 5.91 Å². The van der Waals surface area contributed by atoms with E-state index in [1.165, 1.54) is 4.90 Å². The van der Waals surface area contributed by atoms with E-state index in [1.54, 1.807) is 12.4 Å². The molecular formula is C12H21N3O3. The third kappa shape index (κ3) is 4.46. The zero-order valence-corrected chi connectivity index (χ0v) is 10.8. The van der Waals surface area contributed by atoms with Gasteiger partial charge in [-0.2, -0.15) is 0 Å². The number of H-pyrrole nitrogens is 1. The Morgan fingerprint density at radius 3 is 2.78 bits per heavy atom. The van der Waals surface area contributed by atoms with Crippen molar-refractivity contribution in [3.8, 4) is 0 Å². The van der Waals surface area contributed by atoms with E-state index in [1.807, 2.05) is 13.8 Å². The summed E-state index contributed by atoms with van der Waals surface area (Å²) in [7, 11) is 0. The molecule has 1 aromatic heterocycles. The number of nitrogens with one attached hydrogen (secondary N) is 1. The Bertz CT molecular complexity index is 351. The second kappa shape index (κ2) is 7.13. The number of nitrogens with zero attached hydrogens (tertiary/aromatic N) is 2. The predicted molar refractivity (Wildman–Crippen MR) is 66.6 cm³/mol. The van der Waals surface area contributed by atoms with Gasteiger partial charge in [-0.25, -0.2) is 4.98 Å². The van der Waals surface area contributed by atoms with Crippen LogP contribution in [-0.4, -0.2) is 50.2 Å². The molecule has 102 valence electrons. The Labute approximate surface area is 107 Å². The number of aliphatic hydroxyl groups excluding tert-OH is 2. The summed E-state index contributed by atoms with van der Waals surface area (Å²) in [5, 5.41) is 18.8. The second-order valence-electron chi connectivity index (χ2n) is 4.66. The van der Waals surface area contributed by atoms with Crippen LogP contribution in [0, 0.1) is 5.92 Å². The summed E-state index contributed by atoms with van der Waals surface area (Å²) in [5.74, 6) is 0.506. The van der Waals surface area contributed by atoms with Crippen LogP contribution < -0.4 is 0 Å². The molecule has 6 nitrogen and oxygen atoms in total. The molecule has 0 aliphatic heterocycles. The first-order valence-electron chi connectivity index (χ1n) is 6.10. The van der Waals surface area contributed by atoms with Crippen LogP contribution in [0.2, 0.25) is 0 Å². The standard InChI is InChI=1S/C12H21N3O3/c1-9(2)7-10(17)12(18)15(5-6-16)8-11-13-3-4-14-11/h3-4,9-10,16-17H,5-8H2,1-2H3,(H,13,14). The molecule has 0 spiro atoms. The minimum absolute atomic E-state index is 0.138. The Kier molecular flexibility index (Phi) is 5.80. The van der Waals surface area contributed by atoms with Gasteiger partial charge < -0.3 is 20.1 Å². The molecule has 0 aliphatic rings. The van der Waals surface area contributed by atoms with E-state index in [0.717, 1.165) is 0 Å². The number of amides is 1. The van der Waals surface area contributed by atoms with Crippen LogP contribution in [0.5, 0.6) is 0 Å². The summed E-state index contributed by atoms with van der Waals surface area (Å²) >= 11 is 0.